The molecule has 1 rings (SSSR count). The van der Waals surface area contributed by atoms with Crippen molar-refractivity contribution in [1.82, 2.24) is 20.4 Å². The van der Waals surface area contributed by atoms with Gasteiger partial charge in [-0.25, -0.2) is 4.79 Å². The number of hydrogen-bond acceptors (Lipinski definition) is 3. The molecule has 1 aromatic heterocycles. The summed E-state index contributed by atoms with van der Waals surface area (Å²) in [7, 11) is 1.80. The number of nitrogens with one attached hydrogen (secondary N) is 2. The minimum Gasteiger partial charge on any atom is -0.481 e. The van der Waals surface area contributed by atoms with Crippen LogP contribution in [0, 0.1) is 5.41 Å². The van der Waals surface area contributed by atoms with Crippen molar-refractivity contribution in [2.75, 3.05) is 6.54 Å². The maximum absolute atomic E-state index is 11.7. The predicted octanol–water partition coefficient (Wildman–Crippen LogP) is 1.11. The number of carbonyl (C=O) groups excluding carboxylic acids is 1. The number of aliphatic carboxylic acids is 1. The highest BCUT2D eigenvalue weighted by molar-refractivity contribution is 5.78. The molecule has 0 radical (unpaired) electrons. The van der Waals surface area contributed by atoms with E-state index in [2.05, 4.69) is 15.7 Å². The summed E-state index contributed by atoms with van der Waals surface area (Å²) in [6, 6.07) is 1.42. The van der Waals surface area contributed by atoms with Crippen LogP contribution in [-0.2, 0) is 18.4 Å². The largest absolute Gasteiger partial charge is 0.481 e. The highest BCUT2D eigenvalue weighted by atomic mass is 16.4. The van der Waals surface area contributed by atoms with E-state index in [1.54, 1.807) is 24.0 Å². The van der Waals surface area contributed by atoms with Gasteiger partial charge in [0.25, 0.3) is 0 Å². The van der Waals surface area contributed by atoms with Crippen LogP contribution in [0.5, 0.6) is 0 Å². The second-order valence-electron chi connectivity index (χ2n) is 4.81. The monoisotopic (exact) mass is 282 g/mol. The lowest BCUT2D eigenvalue weighted by Gasteiger charge is -2.26. The molecule has 1 heterocycles. The first kappa shape index (κ1) is 16.0. The Labute approximate surface area is 118 Å². The summed E-state index contributed by atoms with van der Waals surface area (Å²) < 4.78 is 1.65. The van der Waals surface area contributed by atoms with Crippen molar-refractivity contribution >= 4 is 12.0 Å². The first-order valence-corrected chi connectivity index (χ1v) is 6.67. The van der Waals surface area contributed by atoms with Crippen molar-refractivity contribution in [2.24, 2.45) is 12.5 Å². The van der Waals surface area contributed by atoms with Gasteiger partial charge in [0.15, 0.2) is 0 Å². The molecule has 0 bridgehead atoms. The first-order valence-electron chi connectivity index (χ1n) is 6.67. The molecule has 0 aromatic carbocycles. The van der Waals surface area contributed by atoms with Crippen LogP contribution in [0.3, 0.4) is 0 Å². The van der Waals surface area contributed by atoms with Gasteiger partial charge in [-0.15, -0.1) is 0 Å². The van der Waals surface area contributed by atoms with Crippen LogP contribution in [0.4, 0.5) is 4.79 Å². The number of aromatic nitrogens is 2. The number of carboxylic acid groups (broad SMARTS) is 1. The Bertz CT molecular complexity index is 466. The molecule has 1 aromatic rings. The number of amides is 2. The Hall–Kier alpha value is -2.05. The summed E-state index contributed by atoms with van der Waals surface area (Å²) in [6.07, 6.45) is 2.73. The van der Waals surface area contributed by atoms with E-state index in [1.807, 2.05) is 13.8 Å². The third kappa shape index (κ3) is 3.97. The third-order valence-corrected chi connectivity index (χ3v) is 3.59. The summed E-state index contributed by atoms with van der Waals surface area (Å²) in [5.74, 6) is -0.882. The molecule has 0 aliphatic rings. The van der Waals surface area contributed by atoms with Gasteiger partial charge in [-0.1, -0.05) is 13.8 Å². The fourth-order valence-electron chi connectivity index (χ4n) is 1.92. The lowest BCUT2D eigenvalue weighted by atomic mass is 9.82. The molecule has 0 unspecified atom stereocenters. The van der Waals surface area contributed by atoms with Gasteiger partial charge in [-0.05, 0) is 18.9 Å². The van der Waals surface area contributed by atoms with Gasteiger partial charge in [0.1, 0.15) is 0 Å². The van der Waals surface area contributed by atoms with E-state index >= 15 is 0 Å². The summed E-state index contributed by atoms with van der Waals surface area (Å²) in [4.78, 5) is 23.0. The molecular formula is C13H22N4O3. The fourth-order valence-corrected chi connectivity index (χ4v) is 1.92. The maximum atomic E-state index is 11.7. The number of hydrogen-bond donors (Lipinski definition) is 3. The normalized spacial score (nSPS) is 11.2. The standard InChI is InChI=1S/C13H22N4O3/c1-4-13(5-2,11(18)19)9-15-12(20)14-8-10-6-7-17(3)16-10/h6-7H,4-5,8-9H2,1-3H3,(H,18,19)(H2,14,15,20). The van der Waals surface area contributed by atoms with Crippen molar-refractivity contribution in [3.05, 3.63) is 18.0 Å². The van der Waals surface area contributed by atoms with Crippen molar-refractivity contribution in [2.45, 2.75) is 33.2 Å². The van der Waals surface area contributed by atoms with Crippen LogP contribution >= 0.6 is 0 Å². The SMILES string of the molecule is CCC(CC)(CNC(=O)NCc1ccn(C)n1)C(=O)O. The Kier molecular flexibility index (Phi) is 5.54. The van der Waals surface area contributed by atoms with E-state index < -0.39 is 11.4 Å². The summed E-state index contributed by atoms with van der Waals surface area (Å²) >= 11 is 0. The average molecular weight is 282 g/mol. The van der Waals surface area contributed by atoms with E-state index in [0.717, 1.165) is 5.69 Å². The van der Waals surface area contributed by atoms with E-state index in [-0.39, 0.29) is 12.6 Å². The zero-order valence-electron chi connectivity index (χ0n) is 12.1. The minimum absolute atomic E-state index is 0.114. The third-order valence-electron chi connectivity index (χ3n) is 3.59. The topological polar surface area (TPSA) is 96.3 Å². The van der Waals surface area contributed by atoms with Crippen LogP contribution in [-0.4, -0.2) is 33.4 Å². The van der Waals surface area contributed by atoms with Crippen LogP contribution in [0.15, 0.2) is 12.3 Å². The number of aryl methyl sites for hydroxylation is 1. The number of nitrogens with zero attached hydrogens (tertiary/aromatic N) is 2. The number of urea groups is 1. The van der Waals surface area contributed by atoms with Gasteiger partial charge >= 0.3 is 12.0 Å². The van der Waals surface area contributed by atoms with Crippen molar-refractivity contribution < 1.29 is 14.7 Å². The average Bonchev–Trinajstić information content (AvgIpc) is 2.83. The summed E-state index contributed by atoms with van der Waals surface area (Å²) in [6.45, 7) is 4.05. The van der Waals surface area contributed by atoms with Gasteiger partial charge < -0.3 is 15.7 Å². The van der Waals surface area contributed by atoms with E-state index in [1.165, 1.54) is 0 Å². The van der Waals surface area contributed by atoms with Crippen LogP contribution in [0.2, 0.25) is 0 Å². The number of rotatable bonds is 7. The number of carboxylic acids is 1. The highest BCUT2D eigenvalue weighted by Crippen LogP contribution is 2.25. The Morgan fingerprint density at radius 1 is 1.35 bits per heavy atom. The molecule has 0 spiro atoms. The Balaban J connectivity index is 2.44. The lowest BCUT2D eigenvalue weighted by Crippen LogP contribution is -2.45. The van der Waals surface area contributed by atoms with Crippen LogP contribution in [0.25, 0.3) is 0 Å². The molecule has 0 aliphatic heterocycles. The molecule has 7 nitrogen and oxygen atoms in total. The van der Waals surface area contributed by atoms with Gasteiger partial charge in [-0.2, -0.15) is 5.10 Å². The van der Waals surface area contributed by atoms with Crippen molar-refractivity contribution in [3.63, 3.8) is 0 Å². The molecule has 0 aliphatic carbocycles. The van der Waals surface area contributed by atoms with Crippen molar-refractivity contribution in [3.8, 4) is 0 Å². The van der Waals surface area contributed by atoms with Gasteiger partial charge in [0.2, 0.25) is 0 Å². The highest BCUT2D eigenvalue weighted by Gasteiger charge is 2.35. The molecular weight excluding hydrogens is 260 g/mol. The Morgan fingerprint density at radius 2 is 2.00 bits per heavy atom. The molecule has 3 N–H and O–H groups in total. The fraction of sp³-hybridized carbons (Fsp3) is 0.615. The van der Waals surface area contributed by atoms with E-state index in [9.17, 15) is 14.7 Å². The minimum atomic E-state index is -0.900. The maximum Gasteiger partial charge on any atom is 0.315 e. The smallest absolute Gasteiger partial charge is 0.315 e. The molecule has 0 fully saturated rings. The second-order valence-corrected chi connectivity index (χ2v) is 4.81. The molecule has 0 atom stereocenters. The summed E-state index contributed by atoms with van der Waals surface area (Å²) in [5.41, 5.74) is -0.152. The van der Waals surface area contributed by atoms with Crippen molar-refractivity contribution in [1.29, 1.82) is 0 Å². The second kappa shape index (κ2) is 6.93. The molecule has 20 heavy (non-hydrogen) atoms. The predicted molar refractivity (Wildman–Crippen MR) is 74.1 cm³/mol. The Morgan fingerprint density at radius 3 is 2.45 bits per heavy atom. The van der Waals surface area contributed by atoms with E-state index in [0.29, 0.717) is 19.4 Å². The zero-order valence-corrected chi connectivity index (χ0v) is 12.1. The lowest BCUT2D eigenvalue weighted by molar-refractivity contribution is -0.149. The zero-order chi connectivity index (χ0) is 15.2. The molecule has 7 heteroatoms. The van der Waals surface area contributed by atoms with Gasteiger partial charge in [-0.3, -0.25) is 9.48 Å². The molecule has 2 amide bonds. The molecule has 0 saturated carbocycles. The first-order chi connectivity index (χ1) is 9.43. The number of carbonyl (C=O) groups is 2. The van der Waals surface area contributed by atoms with Gasteiger partial charge in [0.05, 0.1) is 17.7 Å². The molecule has 112 valence electrons. The van der Waals surface area contributed by atoms with E-state index in [4.69, 9.17) is 0 Å². The van der Waals surface area contributed by atoms with Gasteiger partial charge in [0, 0.05) is 19.8 Å². The molecule has 0 saturated heterocycles. The van der Waals surface area contributed by atoms with Crippen LogP contribution < -0.4 is 10.6 Å². The summed E-state index contributed by atoms with van der Waals surface area (Å²) in [5, 5.41) is 18.7. The quantitative estimate of drug-likeness (QED) is 0.698. The van der Waals surface area contributed by atoms with Crippen LogP contribution in [0.1, 0.15) is 32.4 Å².